The predicted octanol–water partition coefficient (Wildman–Crippen LogP) is 3.15. The Balaban J connectivity index is 2.15. The lowest BCUT2D eigenvalue weighted by Gasteiger charge is -2.30. The molecule has 1 atom stereocenters. The van der Waals surface area contributed by atoms with Crippen molar-refractivity contribution in [3.63, 3.8) is 0 Å². The van der Waals surface area contributed by atoms with Crippen LogP contribution in [0.1, 0.15) is 43.5 Å². The zero-order chi connectivity index (χ0) is 17.7. The molecule has 0 aliphatic carbocycles. The number of hydrogen-bond donors (Lipinski definition) is 1. The van der Waals surface area contributed by atoms with E-state index >= 15 is 0 Å². The number of halogens is 2. The second kappa shape index (κ2) is 7.70. The Kier molecular flexibility index (Phi) is 5.88. The third kappa shape index (κ3) is 4.50. The van der Waals surface area contributed by atoms with Gasteiger partial charge in [0.2, 0.25) is 5.88 Å². The van der Waals surface area contributed by atoms with Crippen LogP contribution in [0.25, 0.3) is 0 Å². The molecule has 2 heterocycles. The molecular weight excluding hydrogens is 316 g/mol. The van der Waals surface area contributed by atoms with E-state index in [4.69, 9.17) is 10.5 Å². The highest BCUT2D eigenvalue weighted by atomic mass is 19.3. The van der Waals surface area contributed by atoms with E-state index < -0.39 is 11.6 Å². The zero-order valence-corrected chi connectivity index (χ0v) is 14.0. The van der Waals surface area contributed by atoms with Gasteiger partial charge in [0.1, 0.15) is 12.4 Å². The van der Waals surface area contributed by atoms with Crippen molar-refractivity contribution in [2.24, 2.45) is 5.73 Å². The first-order valence-electron chi connectivity index (χ1n) is 8.02. The highest BCUT2D eigenvalue weighted by Gasteiger charge is 2.22. The van der Waals surface area contributed by atoms with Crippen molar-refractivity contribution in [3.05, 3.63) is 29.3 Å². The summed E-state index contributed by atoms with van der Waals surface area (Å²) in [6.07, 6.45) is 0.403. The molecule has 1 aliphatic rings. The Morgan fingerprint density at radius 1 is 1.42 bits per heavy atom. The Labute approximate surface area is 140 Å². The monoisotopic (exact) mass is 339 g/mol. The van der Waals surface area contributed by atoms with Crippen LogP contribution < -0.4 is 15.4 Å². The molecule has 1 fully saturated rings. The van der Waals surface area contributed by atoms with Gasteiger partial charge in [-0.25, -0.2) is 0 Å². The second-order valence-corrected chi connectivity index (χ2v) is 6.33. The number of carbonyl (C=O) groups is 1. The minimum absolute atomic E-state index is 0.174. The van der Waals surface area contributed by atoms with Gasteiger partial charge in [-0.3, -0.25) is 4.79 Å². The van der Waals surface area contributed by atoms with Crippen molar-refractivity contribution in [1.29, 1.82) is 0 Å². The number of pyridine rings is 1. The first kappa shape index (κ1) is 18.3. The Hall–Kier alpha value is -2.02. The molecule has 0 spiro atoms. The lowest BCUT2D eigenvalue weighted by atomic mass is 10.0. The van der Waals surface area contributed by atoms with Gasteiger partial charge in [0, 0.05) is 24.7 Å². The molecule has 1 unspecified atom stereocenters. The summed E-state index contributed by atoms with van der Waals surface area (Å²) in [6, 6.07) is 3.25. The Bertz CT molecular complexity index is 618. The molecule has 2 rings (SSSR count). The minimum atomic E-state index is -1.60. The summed E-state index contributed by atoms with van der Waals surface area (Å²) in [6.45, 7) is 4.95. The van der Waals surface area contributed by atoms with Gasteiger partial charge in [0.25, 0.3) is 6.08 Å². The third-order valence-corrected chi connectivity index (χ3v) is 4.30. The zero-order valence-electron chi connectivity index (χ0n) is 14.0. The lowest BCUT2D eigenvalue weighted by molar-refractivity contribution is 0.112. The van der Waals surface area contributed by atoms with Crippen molar-refractivity contribution < 1.29 is 18.3 Å². The highest BCUT2D eigenvalue weighted by molar-refractivity contribution is 5.83. The van der Waals surface area contributed by atoms with Gasteiger partial charge in [0.05, 0.1) is 5.56 Å². The van der Waals surface area contributed by atoms with Crippen molar-refractivity contribution >= 4 is 12.1 Å². The molecule has 1 saturated heterocycles. The maximum atomic E-state index is 12.7. The molecule has 24 heavy (non-hydrogen) atoms. The van der Waals surface area contributed by atoms with Crippen LogP contribution in [-0.2, 0) is 0 Å². The molecule has 0 amide bonds. The molecule has 1 aromatic rings. The van der Waals surface area contributed by atoms with Crippen molar-refractivity contribution in [2.75, 3.05) is 24.6 Å². The van der Waals surface area contributed by atoms with Gasteiger partial charge in [-0.1, -0.05) is 6.92 Å². The van der Waals surface area contributed by atoms with Crippen LogP contribution in [0, 0.1) is 0 Å². The topological polar surface area (TPSA) is 68.5 Å². The average molecular weight is 339 g/mol. The van der Waals surface area contributed by atoms with Crippen LogP contribution in [0.5, 0.6) is 5.88 Å². The fourth-order valence-corrected chi connectivity index (χ4v) is 2.39. The number of anilines is 1. The average Bonchev–Trinajstić information content (AvgIpc) is 2.60. The summed E-state index contributed by atoms with van der Waals surface area (Å²) in [7, 11) is 0. The number of aldehydes is 1. The molecule has 5 nitrogen and oxygen atoms in total. The minimum Gasteiger partial charge on any atom is -0.476 e. The van der Waals surface area contributed by atoms with Crippen LogP contribution >= 0.6 is 0 Å². The van der Waals surface area contributed by atoms with Gasteiger partial charge < -0.3 is 15.4 Å². The number of ether oxygens (including phenoxy) is 1. The quantitative estimate of drug-likeness (QED) is 0.806. The Morgan fingerprint density at radius 3 is 2.62 bits per heavy atom. The first-order valence-corrected chi connectivity index (χ1v) is 8.02. The molecule has 0 radical (unpaired) electrons. The van der Waals surface area contributed by atoms with E-state index in [1.54, 1.807) is 12.1 Å². The maximum Gasteiger partial charge on any atom is 0.269 e. The van der Waals surface area contributed by atoms with Crippen LogP contribution in [0.15, 0.2) is 23.8 Å². The summed E-state index contributed by atoms with van der Waals surface area (Å²) in [5.41, 5.74) is 6.18. The molecule has 1 aliphatic heterocycles. The fraction of sp³-hybridized carbons (Fsp3) is 0.529. The summed E-state index contributed by atoms with van der Waals surface area (Å²) in [5, 5.41) is 0. The van der Waals surface area contributed by atoms with E-state index in [0.29, 0.717) is 43.2 Å². The van der Waals surface area contributed by atoms with Crippen LogP contribution in [0.4, 0.5) is 14.6 Å². The largest absolute Gasteiger partial charge is 0.476 e. The molecule has 2 N–H and O–H groups in total. The maximum absolute atomic E-state index is 12.7. The second-order valence-electron chi connectivity index (χ2n) is 6.33. The number of aromatic nitrogens is 1. The van der Waals surface area contributed by atoms with Crippen LogP contribution in [-0.4, -0.2) is 36.5 Å². The highest BCUT2D eigenvalue weighted by Crippen LogP contribution is 2.28. The number of piperidine rings is 1. The molecule has 0 aromatic carbocycles. The van der Waals surface area contributed by atoms with Gasteiger partial charge in [0.15, 0.2) is 6.29 Å². The molecule has 0 saturated carbocycles. The predicted molar refractivity (Wildman–Crippen MR) is 88.7 cm³/mol. The van der Waals surface area contributed by atoms with Crippen LogP contribution in [0.3, 0.4) is 0 Å². The van der Waals surface area contributed by atoms with E-state index in [1.807, 2.05) is 18.7 Å². The van der Waals surface area contributed by atoms with E-state index in [1.165, 1.54) is 0 Å². The van der Waals surface area contributed by atoms with Crippen LogP contribution in [0.2, 0.25) is 0 Å². The van der Waals surface area contributed by atoms with Gasteiger partial charge in [-0.2, -0.15) is 13.8 Å². The Morgan fingerprint density at radius 2 is 2.08 bits per heavy atom. The summed E-state index contributed by atoms with van der Waals surface area (Å²) < 4.78 is 31.0. The van der Waals surface area contributed by atoms with E-state index in [0.717, 1.165) is 6.42 Å². The third-order valence-electron chi connectivity index (χ3n) is 4.30. The molecular formula is C17H23F2N3O2. The van der Waals surface area contributed by atoms with Crippen molar-refractivity contribution in [2.45, 2.75) is 38.6 Å². The summed E-state index contributed by atoms with van der Waals surface area (Å²) in [4.78, 5) is 17.5. The summed E-state index contributed by atoms with van der Waals surface area (Å²) >= 11 is 0. The molecule has 1 aromatic heterocycles. The lowest BCUT2D eigenvalue weighted by Crippen LogP contribution is -2.41. The van der Waals surface area contributed by atoms with E-state index in [2.05, 4.69) is 4.98 Å². The number of nitrogens with zero attached hydrogens (tertiary/aromatic N) is 2. The SMILES string of the molecule is CCC(C)(N)COc1ccc(C=O)c(N2CCC(=C(F)F)CC2)n1. The first-order chi connectivity index (χ1) is 11.4. The number of hydrogen-bond acceptors (Lipinski definition) is 5. The molecule has 132 valence electrons. The number of nitrogens with two attached hydrogens (primary N) is 1. The van der Waals surface area contributed by atoms with Gasteiger partial charge in [-0.05, 0) is 37.8 Å². The normalized spacial score (nSPS) is 17.4. The fourth-order valence-electron chi connectivity index (χ4n) is 2.39. The number of carbonyl (C=O) groups excluding carboxylic acids is 1. The smallest absolute Gasteiger partial charge is 0.269 e. The van der Waals surface area contributed by atoms with Gasteiger partial charge in [-0.15, -0.1) is 0 Å². The summed E-state index contributed by atoms with van der Waals surface area (Å²) in [5.74, 6) is 0.842. The van der Waals surface area contributed by atoms with Gasteiger partial charge >= 0.3 is 0 Å². The standard InChI is InChI=1S/C17H23F2N3O2/c1-3-17(2,20)11-24-14-5-4-13(10-23)16(21-14)22-8-6-12(7-9-22)15(18)19/h4-5,10H,3,6-9,11,20H2,1-2H3. The van der Waals surface area contributed by atoms with Crippen molar-refractivity contribution in [3.8, 4) is 5.88 Å². The molecule has 7 heteroatoms. The number of rotatable bonds is 6. The molecule has 0 bridgehead atoms. The van der Waals surface area contributed by atoms with E-state index in [-0.39, 0.29) is 18.4 Å². The van der Waals surface area contributed by atoms with E-state index in [9.17, 15) is 13.6 Å². The van der Waals surface area contributed by atoms with Crippen molar-refractivity contribution in [1.82, 2.24) is 4.98 Å².